The van der Waals surface area contributed by atoms with Crippen molar-refractivity contribution in [3.63, 3.8) is 0 Å². The van der Waals surface area contributed by atoms with Crippen LogP contribution in [0.4, 0.5) is 0 Å². The predicted molar refractivity (Wildman–Crippen MR) is 164 cm³/mol. The van der Waals surface area contributed by atoms with E-state index in [9.17, 15) is 0 Å². The minimum atomic E-state index is 0.881. The van der Waals surface area contributed by atoms with Gasteiger partial charge in [-0.15, -0.1) is 0 Å². The fourth-order valence-corrected chi connectivity index (χ4v) is 6.61. The van der Waals surface area contributed by atoms with Gasteiger partial charge < -0.3 is 4.42 Å². The molecule has 2 heterocycles. The molecular weight excluding hydrogens is 474 g/mol. The number of para-hydroxylation sites is 2. The van der Waals surface area contributed by atoms with E-state index < -0.39 is 0 Å². The first kappa shape index (κ1) is 20.8. The molecule has 0 aliphatic heterocycles. The summed E-state index contributed by atoms with van der Waals surface area (Å²) in [5.74, 6) is 0. The zero-order valence-corrected chi connectivity index (χ0v) is 21.0. The number of rotatable bonds is 1. The summed E-state index contributed by atoms with van der Waals surface area (Å²) in [5, 5.41) is 14.8. The summed E-state index contributed by atoms with van der Waals surface area (Å²) in [4.78, 5) is 5.04. The molecule has 0 fully saturated rings. The average Bonchev–Trinajstić information content (AvgIpc) is 3.39. The van der Waals surface area contributed by atoms with Crippen LogP contribution in [0.2, 0.25) is 0 Å². The van der Waals surface area contributed by atoms with Crippen molar-refractivity contribution >= 4 is 75.8 Å². The lowest BCUT2D eigenvalue weighted by Crippen LogP contribution is -1.91. The Bertz CT molecular complexity index is 2430. The van der Waals surface area contributed by atoms with Crippen molar-refractivity contribution in [3.8, 4) is 11.3 Å². The lowest BCUT2D eigenvalue weighted by atomic mass is 9.87. The second kappa shape index (κ2) is 7.66. The van der Waals surface area contributed by atoms with Crippen molar-refractivity contribution in [1.29, 1.82) is 0 Å². The van der Waals surface area contributed by atoms with Gasteiger partial charge in [-0.3, -0.25) is 4.98 Å². The van der Waals surface area contributed by atoms with Crippen molar-refractivity contribution in [1.82, 2.24) is 4.98 Å². The van der Waals surface area contributed by atoms with Crippen LogP contribution in [0.25, 0.3) is 87.1 Å². The molecule has 0 saturated carbocycles. The highest BCUT2D eigenvalue weighted by molar-refractivity contribution is 6.39. The Morgan fingerprint density at radius 2 is 0.923 bits per heavy atom. The molecule has 180 valence electrons. The van der Waals surface area contributed by atoms with Crippen LogP contribution in [0.15, 0.2) is 132 Å². The molecule has 0 aliphatic carbocycles. The van der Waals surface area contributed by atoms with Gasteiger partial charge in [-0.05, 0) is 66.7 Å². The maximum Gasteiger partial charge on any atom is 0.144 e. The maximum atomic E-state index is 6.40. The van der Waals surface area contributed by atoms with Crippen LogP contribution in [0.3, 0.4) is 0 Å². The van der Waals surface area contributed by atoms with Crippen LogP contribution in [-0.4, -0.2) is 4.98 Å². The topological polar surface area (TPSA) is 26.0 Å². The van der Waals surface area contributed by atoms with Crippen molar-refractivity contribution in [2.45, 2.75) is 0 Å². The number of fused-ring (bicyclic) bond motifs is 14. The number of benzene rings is 7. The Labute approximate surface area is 223 Å². The van der Waals surface area contributed by atoms with E-state index in [-0.39, 0.29) is 0 Å². The molecule has 0 saturated heterocycles. The van der Waals surface area contributed by atoms with Crippen molar-refractivity contribution in [2.24, 2.45) is 0 Å². The van der Waals surface area contributed by atoms with Gasteiger partial charge in [0.15, 0.2) is 0 Å². The van der Waals surface area contributed by atoms with E-state index in [1.54, 1.807) is 0 Å². The molecule has 0 radical (unpaired) electrons. The summed E-state index contributed by atoms with van der Waals surface area (Å²) < 4.78 is 6.40. The highest BCUT2D eigenvalue weighted by atomic mass is 16.3. The Morgan fingerprint density at radius 1 is 0.410 bits per heavy atom. The first-order valence-electron chi connectivity index (χ1n) is 13.3. The molecule has 9 rings (SSSR count). The second-order valence-electron chi connectivity index (χ2n) is 10.3. The molecule has 0 atom stereocenters. The molecule has 0 N–H and O–H groups in total. The molecular formula is C37H21NO. The molecule has 39 heavy (non-hydrogen) atoms. The van der Waals surface area contributed by atoms with Gasteiger partial charge in [-0.25, -0.2) is 0 Å². The first-order valence-corrected chi connectivity index (χ1v) is 13.3. The third-order valence-corrected chi connectivity index (χ3v) is 8.27. The highest BCUT2D eigenvalue weighted by Crippen LogP contribution is 2.44. The monoisotopic (exact) mass is 495 g/mol. The molecule has 0 unspecified atom stereocenters. The fraction of sp³-hybridized carbons (Fsp3) is 0. The predicted octanol–water partition coefficient (Wildman–Crippen LogP) is 10.4. The zero-order chi connectivity index (χ0) is 25.5. The molecule has 2 heteroatoms. The van der Waals surface area contributed by atoms with E-state index in [0.717, 1.165) is 33.2 Å². The molecule has 0 bridgehead atoms. The van der Waals surface area contributed by atoms with Crippen molar-refractivity contribution in [3.05, 3.63) is 128 Å². The quantitative estimate of drug-likeness (QED) is 0.212. The second-order valence-corrected chi connectivity index (χ2v) is 10.3. The number of furan rings is 1. The minimum absolute atomic E-state index is 0.881. The van der Waals surface area contributed by atoms with Crippen molar-refractivity contribution in [2.75, 3.05) is 0 Å². The maximum absolute atomic E-state index is 6.40. The molecule has 9 aromatic rings. The van der Waals surface area contributed by atoms with Crippen LogP contribution >= 0.6 is 0 Å². The first-order chi connectivity index (χ1) is 19.4. The Morgan fingerprint density at radius 3 is 1.59 bits per heavy atom. The fourth-order valence-electron chi connectivity index (χ4n) is 6.61. The van der Waals surface area contributed by atoms with E-state index in [0.29, 0.717) is 0 Å². The van der Waals surface area contributed by atoms with Gasteiger partial charge in [0.05, 0.1) is 5.69 Å². The summed E-state index contributed by atoms with van der Waals surface area (Å²) in [5.41, 5.74) is 3.71. The molecule has 2 nitrogen and oxygen atoms in total. The lowest BCUT2D eigenvalue weighted by Gasteiger charge is -2.16. The Balaban J connectivity index is 1.50. The van der Waals surface area contributed by atoms with Crippen LogP contribution in [0.5, 0.6) is 0 Å². The molecule has 2 aromatic heterocycles. The van der Waals surface area contributed by atoms with Gasteiger partial charge in [0.1, 0.15) is 11.2 Å². The van der Waals surface area contributed by atoms with Gasteiger partial charge in [0, 0.05) is 27.9 Å². The normalized spacial score (nSPS) is 12.1. The minimum Gasteiger partial charge on any atom is -0.455 e. The number of hydrogen-bond acceptors (Lipinski definition) is 2. The number of aromatic nitrogens is 1. The third-order valence-electron chi connectivity index (χ3n) is 8.27. The average molecular weight is 496 g/mol. The van der Waals surface area contributed by atoms with E-state index in [1.807, 2.05) is 12.1 Å². The molecule has 0 amide bonds. The Hall–Kier alpha value is -5.21. The standard InChI is InChI=1S/C37H21NO/c1-4-14-26-22(10-1)23-11-2-5-15-27(23)36-31-20-33(38-21-32(31)24-12-3-6-16-28(24)35(26)36)30-18-9-17-29-25-13-7-8-19-34(25)39-37(29)30/h1-21H. The highest BCUT2D eigenvalue weighted by Gasteiger charge is 2.18. The summed E-state index contributed by atoms with van der Waals surface area (Å²) in [6.45, 7) is 0. The third kappa shape index (κ3) is 2.78. The van der Waals surface area contributed by atoms with Crippen LogP contribution < -0.4 is 0 Å². The van der Waals surface area contributed by atoms with Crippen LogP contribution in [0.1, 0.15) is 0 Å². The Kier molecular flexibility index (Phi) is 4.08. The zero-order valence-electron chi connectivity index (χ0n) is 21.0. The number of pyridine rings is 1. The van der Waals surface area contributed by atoms with E-state index >= 15 is 0 Å². The largest absolute Gasteiger partial charge is 0.455 e. The smallest absolute Gasteiger partial charge is 0.144 e. The molecule has 0 spiro atoms. The summed E-state index contributed by atoms with van der Waals surface area (Å²) in [7, 11) is 0. The van der Waals surface area contributed by atoms with Gasteiger partial charge >= 0.3 is 0 Å². The van der Waals surface area contributed by atoms with Gasteiger partial charge in [0.2, 0.25) is 0 Å². The van der Waals surface area contributed by atoms with Gasteiger partial charge in [0.25, 0.3) is 0 Å². The van der Waals surface area contributed by atoms with Gasteiger partial charge in [-0.1, -0.05) is 103 Å². The lowest BCUT2D eigenvalue weighted by molar-refractivity contribution is 0.670. The number of nitrogens with zero attached hydrogens (tertiary/aromatic N) is 1. The summed E-state index contributed by atoms with van der Waals surface area (Å²) >= 11 is 0. The van der Waals surface area contributed by atoms with Gasteiger partial charge in [-0.2, -0.15) is 0 Å². The van der Waals surface area contributed by atoms with E-state index in [4.69, 9.17) is 9.40 Å². The van der Waals surface area contributed by atoms with Crippen molar-refractivity contribution < 1.29 is 4.42 Å². The SMILES string of the molecule is c1ccc2c(c1)oc1c(-c3cc4c(cn3)c3ccccc3c3c5ccccc5c5ccccc5c43)cccc12. The summed E-state index contributed by atoms with van der Waals surface area (Å²) in [6, 6.07) is 43.2. The van der Waals surface area contributed by atoms with Crippen LogP contribution in [-0.2, 0) is 0 Å². The molecule has 7 aromatic carbocycles. The van der Waals surface area contributed by atoms with Crippen LogP contribution in [0, 0.1) is 0 Å². The number of hydrogen-bond donors (Lipinski definition) is 0. The van der Waals surface area contributed by atoms with E-state index in [1.165, 1.54) is 53.9 Å². The van der Waals surface area contributed by atoms with E-state index in [2.05, 4.69) is 115 Å². The molecule has 0 aliphatic rings. The summed E-state index contributed by atoms with van der Waals surface area (Å²) in [6.07, 6.45) is 2.05.